The van der Waals surface area contributed by atoms with Crippen LogP contribution in [0.4, 0.5) is 5.69 Å². The molecule has 3 aromatic rings. The van der Waals surface area contributed by atoms with Gasteiger partial charge in [-0.05, 0) is 62.2 Å². The number of carbonyl (C=O) groups is 2. The van der Waals surface area contributed by atoms with Crippen molar-refractivity contribution >= 4 is 23.6 Å². The highest BCUT2D eigenvalue weighted by Crippen LogP contribution is 2.38. The largest absolute Gasteiger partial charge is 0.467 e. The van der Waals surface area contributed by atoms with Crippen LogP contribution in [0.2, 0.25) is 0 Å². The maximum absolute atomic E-state index is 13.7. The molecule has 1 N–H and O–H groups in total. The Kier molecular flexibility index (Phi) is 6.61. The molecule has 2 aliphatic rings. The number of amides is 2. The molecule has 1 fully saturated rings. The van der Waals surface area contributed by atoms with Gasteiger partial charge in [-0.25, -0.2) is 0 Å². The third-order valence-electron chi connectivity index (χ3n) is 6.29. The Morgan fingerprint density at radius 3 is 2.63 bits per heavy atom. The molecule has 1 atom stereocenters. The van der Waals surface area contributed by atoms with E-state index in [1.807, 2.05) is 13.0 Å². The molecule has 0 saturated heterocycles. The molecule has 5 rings (SSSR count). The lowest BCUT2D eigenvalue weighted by atomic mass is 9.95. The van der Waals surface area contributed by atoms with Crippen LogP contribution in [0.25, 0.3) is 6.08 Å². The number of aryl methyl sites for hydroxylation is 1. The van der Waals surface area contributed by atoms with Crippen molar-refractivity contribution < 1.29 is 27.9 Å². The molecule has 0 bridgehead atoms. The second-order valence-electron chi connectivity index (χ2n) is 8.79. The van der Waals surface area contributed by atoms with Gasteiger partial charge in [0, 0.05) is 23.9 Å². The van der Waals surface area contributed by atoms with Crippen molar-refractivity contribution in [2.24, 2.45) is 0 Å². The summed E-state index contributed by atoms with van der Waals surface area (Å²) in [4.78, 5) is 28.8. The van der Waals surface area contributed by atoms with Gasteiger partial charge < -0.3 is 23.6 Å². The fourth-order valence-electron chi connectivity index (χ4n) is 4.56. The first-order valence-corrected chi connectivity index (χ1v) is 11.9. The van der Waals surface area contributed by atoms with Gasteiger partial charge in [-0.2, -0.15) is 0 Å². The van der Waals surface area contributed by atoms with Crippen LogP contribution < -0.4 is 19.7 Å². The van der Waals surface area contributed by atoms with Crippen LogP contribution in [0, 0.1) is 6.92 Å². The predicted octanol–water partition coefficient (Wildman–Crippen LogP) is 5.15. The standard InChI is InChI=1S/C27H28N2O6/c1-18-9-11-21(35-18)12-14-25(30)29(20-10-13-22-24(16-20)34-17-33-22)26(23-8-5-15-32-23)27(31)28-19-6-3-2-4-7-19/h5,8-16,19,26H,2-4,6-7,17H2,1H3,(H,28,31)/b14-12+. The Morgan fingerprint density at radius 2 is 1.89 bits per heavy atom. The molecule has 35 heavy (non-hydrogen) atoms. The van der Waals surface area contributed by atoms with E-state index < -0.39 is 11.9 Å². The SMILES string of the molecule is Cc1ccc(/C=C/C(=O)N(c2ccc3c(c2)OCO3)C(C(=O)NC2CCCCC2)c2ccco2)o1. The molecule has 8 heteroatoms. The highest BCUT2D eigenvalue weighted by Gasteiger charge is 2.36. The van der Waals surface area contributed by atoms with Gasteiger partial charge >= 0.3 is 0 Å². The van der Waals surface area contributed by atoms with Crippen LogP contribution in [0.5, 0.6) is 11.5 Å². The quantitative estimate of drug-likeness (QED) is 0.474. The molecule has 0 radical (unpaired) electrons. The summed E-state index contributed by atoms with van der Waals surface area (Å²) in [5, 5.41) is 3.15. The molecular formula is C27H28N2O6. The zero-order chi connectivity index (χ0) is 24.2. The number of nitrogens with zero attached hydrogens (tertiary/aromatic N) is 1. The Hall–Kier alpha value is -3.94. The van der Waals surface area contributed by atoms with Gasteiger partial charge in [0.15, 0.2) is 17.5 Å². The summed E-state index contributed by atoms with van der Waals surface area (Å²) >= 11 is 0. The van der Waals surface area contributed by atoms with E-state index in [9.17, 15) is 9.59 Å². The van der Waals surface area contributed by atoms with Crippen molar-refractivity contribution in [2.45, 2.75) is 51.1 Å². The van der Waals surface area contributed by atoms with E-state index in [1.54, 1.807) is 42.5 Å². The van der Waals surface area contributed by atoms with E-state index in [-0.39, 0.29) is 18.7 Å². The van der Waals surface area contributed by atoms with Crippen LogP contribution in [0.1, 0.15) is 55.4 Å². The summed E-state index contributed by atoms with van der Waals surface area (Å²) in [7, 11) is 0. The van der Waals surface area contributed by atoms with Crippen molar-refractivity contribution in [2.75, 3.05) is 11.7 Å². The zero-order valence-electron chi connectivity index (χ0n) is 19.6. The van der Waals surface area contributed by atoms with E-state index in [1.165, 1.54) is 23.7 Å². The minimum Gasteiger partial charge on any atom is -0.467 e. The average molecular weight is 477 g/mol. The number of anilines is 1. The van der Waals surface area contributed by atoms with Crippen molar-refractivity contribution in [3.63, 3.8) is 0 Å². The third-order valence-corrected chi connectivity index (χ3v) is 6.29. The third kappa shape index (κ3) is 5.11. The highest BCUT2D eigenvalue weighted by atomic mass is 16.7. The van der Waals surface area contributed by atoms with Crippen LogP contribution in [-0.2, 0) is 9.59 Å². The van der Waals surface area contributed by atoms with Gasteiger partial charge in [-0.15, -0.1) is 0 Å². The molecule has 0 spiro atoms. The highest BCUT2D eigenvalue weighted by molar-refractivity contribution is 6.08. The Morgan fingerprint density at radius 1 is 1.06 bits per heavy atom. The van der Waals surface area contributed by atoms with Gasteiger partial charge in [0.1, 0.15) is 17.3 Å². The lowest BCUT2D eigenvalue weighted by molar-refractivity contribution is -0.126. The van der Waals surface area contributed by atoms with Crippen molar-refractivity contribution in [1.29, 1.82) is 0 Å². The molecule has 182 valence electrons. The molecule has 8 nitrogen and oxygen atoms in total. The predicted molar refractivity (Wildman–Crippen MR) is 129 cm³/mol. The van der Waals surface area contributed by atoms with Gasteiger partial charge in [-0.3, -0.25) is 14.5 Å². The molecule has 2 aromatic heterocycles. The summed E-state index contributed by atoms with van der Waals surface area (Å²) in [5.41, 5.74) is 0.486. The number of ether oxygens (including phenoxy) is 2. The fraction of sp³-hybridized carbons (Fsp3) is 0.333. The number of hydrogen-bond donors (Lipinski definition) is 1. The molecule has 1 aromatic carbocycles. The second-order valence-corrected chi connectivity index (χ2v) is 8.79. The number of benzene rings is 1. The Bertz CT molecular complexity index is 1210. The Labute approximate surface area is 203 Å². The van der Waals surface area contributed by atoms with Gasteiger partial charge in [-0.1, -0.05) is 19.3 Å². The summed E-state index contributed by atoms with van der Waals surface area (Å²) in [5.74, 6) is 2.05. The first kappa shape index (κ1) is 22.8. The summed E-state index contributed by atoms with van der Waals surface area (Å²) in [6.45, 7) is 1.94. The molecule has 1 saturated carbocycles. The minimum atomic E-state index is -1.01. The van der Waals surface area contributed by atoms with Crippen LogP contribution in [0.15, 0.2) is 63.6 Å². The van der Waals surface area contributed by atoms with Crippen LogP contribution in [-0.4, -0.2) is 24.6 Å². The average Bonchev–Trinajstić information content (AvgIpc) is 3.63. The van der Waals surface area contributed by atoms with E-state index >= 15 is 0 Å². The number of carbonyl (C=O) groups excluding carboxylic acids is 2. The van der Waals surface area contributed by atoms with Gasteiger partial charge in [0.25, 0.3) is 11.8 Å². The van der Waals surface area contributed by atoms with Crippen molar-refractivity contribution in [3.8, 4) is 11.5 Å². The van der Waals surface area contributed by atoms with E-state index in [4.69, 9.17) is 18.3 Å². The number of furan rings is 2. The number of nitrogens with one attached hydrogen (secondary N) is 1. The summed E-state index contributed by atoms with van der Waals surface area (Å²) in [6, 6.07) is 11.3. The molecule has 1 aliphatic heterocycles. The van der Waals surface area contributed by atoms with Crippen LogP contribution in [0.3, 0.4) is 0 Å². The summed E-state index contributed by atoms with van der Waals surface area (Å²) < 4.78 is 22.2. The molecular weight excluding hydrogens is 448 g/mol. The van der Waals surface area contributed by atoms with Crippen molar-refractivity contribution in [1.82, 2.24) is 5.32 Å². The number of hydrogen-bond acceptors (Lipinski definition) is 6. The maximum atomic E-state index is 13.7. The smallest absolute Gasteiger partial charge is 0.252 e. The maximum Gasteiger partial charge on any atom is 0.252 e. The topological polar surface area (TPSA) is 94.2 Å². The Balaban J connectivity index is 1.52. The normalized spacial score (nSPS) is 16.4. The minimum absolute atomic E-state index is 0.0732. The zero-order valence-corrected chi connectivity index (χ0v) is 19.6. The van der Waals surface area contributed by atoms with E-state index in [0.29, 0.717) is 28.7 Å². The molecule has 3 heterocycles. The van der Waals surface area contributed by atoms with Crippen LogP contribution >= 0.6 is 0 Å². The first-order valence-electron chi connectivity index (χ1n) is 11.9. The summed E-state index contributed by atoms with van der Waals surface area (Å²) in [6.07, 6.45) is 9.66. The lowest BCUT2D eigenvalue weighted by Gasteiger charge is -2.31. The number of rotatable bonds is 7. The number of fused-ring (bicyclic) bond motifs is 1. The fourth-order valence-corrected chi connectivity index (χ4v) is 4.56. The van der Waals surface area contributed by atoms with E-state index in [2.05, 4.69) is 5.32 Å². The van der Waals surface area contributed by atoms with Gasteiger partial charge in [0.05, 0.1) is 6.26 Å². The molecule has 2 amide bonds. The molecule has 1 unspecified atom stereocenters. The van der Waals surface area contributed by atoms with Crippen molar-refractivity contribution in [3.05, 3.63) is 72.1 Å². The second kappa shape index (κ2) is 10.1. The van der Waals surface area contributed by atoms with Gasteiger partial charge in [0.2, 0.25) is 6.79 Å². The lowest BCUT2D eigenvalue weighted by Crippen LogP contribution is -2.46. The molecule has 1 aliphatic carbocycles. The van der Waals surface area contributed by atoms with E-state index in [0.717, 1.165) is 31.4 Å². The first-order chi connectivity index (χ1) is 17.1. The monoisotopic (exact) mass is 476 g/mol.